The van der Waals surface area contributed by atoms with E-state index in [-0.39, 0.29) is 5.41 Å². The average molecular weight is 324 g/mol. The molecule has 0 atom stereocenters. The molecule has 18 heavy (non-hydrogen) atoms. The Balaban J connectivity index is 2.03. The van der Waals surface area contributed by atoms with E-state index in [1.165, 1.54) is 9.75 Å². The van der Waals surface area contributed by atoms with Gasteiger partial charge in [-0.3, -0.25) is 0 Å². The molecule has 0 saturated carbocycles. The number of halogens is 1. The highest BCUT2D eigenvalue weighted by Crippen LogP contribution is 2.30. The first-order chi connectivity index (χ1) is 8.47. The first-order valence-electron chi connectivity index (χ1n) is 6.04. The van der Waals surface area contributed by atoms with Crippen molar-refractivity contribution in [2.24, 2.45) is 0 Å². The van der Waals surface area contributed by atoms with E-state index in [2.05, 4.69) is 66.3 Å². The maximum absolute atomic E-state index is 3.55. The van der Waals surface area contributed by atoms with Crippen LogP contribution in [-0.2, 0) is 12.0 Å². The summed E-state index contributed by atoms with van der Waals surface area (Å²) in [5.74, 6) is 0. The number of benzene rings is 1. The molecule has 0 bridgehead atoms. The van der Waals surface area contributed by atoms with Gasteiger partial charge in [-0.2, -0.15) is 0 Å². The molecule has 0 unspecified atom stereocenters. The van der Waals surface area contributed by atoms with Gasteiger partial charge in [0.2, 0.25) is 0 Å². The third kappa shape index (κ3) is 3.36. The van der Waals surface area contributed by atoms with E-state index in [4.69, 9.17) is 0 Å². The van der Waals surface area contributed by atoms with E-state index in [1.54, 1.807) is 0 Å². The van der Waals surface area contributed by atoms with Gasteiger partial charge in [0.25, 0.3) is 0 Å². The average Bonchev–Trinajstić information content (AvgIpc) is 2.76. The van der Waals surface area contributed by atoms with Crippen LogP contribution in [-0.4, -0.2) is 0 Å². The van der Waals surface area contributed by atoms with Crippen LogP contribution in [0, 0.1) is 0 Å². The third-order valence-electron chi connectivity index (χ3n) is 2.73. The Morgan fingerprint density at radius 2 is 1.83 bits per heavy atom. The SMILES string of the molecule is CC(C)(C)c1ccc(CNc2ccccc2Br)s1. The summed E-state index contributed by atoms with van der Waals surface area (Å²) < 4.78 is 1.11. The zero-order valence-electron chi connectivity index (χ0n) is 11.0. The van der Waals surface area contributed by atoms with Crippen molar-refractivity contribution >= 4 is 33.0 Å². The van der Waals surface area contributed by atoms with Crippen LogP contribution in [0.2, 0.25) is 0 Å². The molecule has 0 radical (unpaired) electrons. The number of anilines is 1. The third-order valence-corrected chi connectivity index (χ3v) is 4.93. The number of rotatable bonds is 3. The van der Waals surface area contributed by atoms with Gasteiger partial charge in [0, 0.05) is 26.5 Å². The van der Waals surface area contributed by atoms with E-state index in [0.717, 1.165) is 16.7 Å². The number of thiophene rings is 1. The lowest BCUT2D eigenvalue weighted by Gasteiger charge is -2.15. The Kier molecular flexibility index (Phi) is 4.13. The van der Waals surface area contributed by atoms with Crippen molar-refractivity contribution in [1.82, 2.24) is 0 Å². The minimum atomic E-state index is 0.246. The van der Waals surface area contributed by atoms with Crippen LogP contribution >= 0.6 is 27.3 Å². The lowest BCUT2D eigenvalue weighted by atomic mass is 9.95. The molecule has 0 aliphatic rings. The summed E-state index contributed by atoms with van der Waals surface area (Å²) in [4.78, 5) is 2.81. The topological polar surface area (TPSA) is 12.0 Å². The fraction of sp³-hybridized carbons (Fsp3) is 0.333. The first kappa shape index (κ1) is 13.6. The maximum Gasteiger partial charge on any atom is 0.0494 e. The Hall–Kier alpha value is -0.800. The molecule has 1 aromatic carbocycles. The zero-order chi connectivity index (χ0) is 13.2. The van der Waals surface area contributed by atoms with Gasteiger partial charge in [0.15, 0.2) is 0 Å². The van der Waals surface area contributed by atoms with Gasteiger partial charge >= 0.3 is 0 Å². The quantitative estimate of drug-likeness (QED) is 0.795. The van der Waals surface area contributed by atoms with Crippen LogP contribution in [0.4, 0.5) is 5.69 Å². The van der Waals surface area contributed by atoms with E-state index < -0.39 is 0 Å². The van der Waals surface area contributed by atoms with Crippen LogP contribution < -0.4 is 5.32 Å². The molecule has 0 spiro atoms. The van der Waals surface area contributed by atoms with Crippen molar-refractivity contribution in [2.75, 3.05) is 5.32 Å². The molecule has 0 aliphatic heterocycles. The summed E-state index contributed by atoms with van der Waals surface area (Å²) in [5.41, 5.74) is 1.39. The summed E-state index contributed by atoms with van der Waals surface area (Å²) in [6.45, 7) is 7.64. The highest BCUT2D eigenvalue weighted by atomic mass is 79.9. The molecule has 2 aromatic rings. The van der Waals surface area contributed by atoms with Crippen molar-refractivity contribution in [3.63, 3.8) is 0 Å². The van der Waals surface area contributed by atoms with Crippen molar-refractivity contribution in [1.29, 1.82) is 0 Å². The molecule has 0 aliphatic carbocycles. The van der Waals surface area contributed by atoms with E-state index in [1.807, 2.05) is 23.5 Å². The first-order valence-corrected chi connectivity index (χ1v) is 7.65. The molecule has 2 rings (SSSR count). The Labute approximate surface area is 121 Å². The van der Waals surface area contributed by atoms with Gasteiger partial charge in [0.1, 0.15) is 0 Å². The second kappa shape index (κ2) is 5.45. The largest absolute Gasteiger partial charge is 0.379 e. The molecule has 1 N–H and O–H groups in total. The summed E-state index contributed by atoms with van der Waals surface area (Å²) in [7, 11) is 0. The number of hydrogen-bond acceptors (Lipinski definition) is 2. The second-order valence-electron chi connectivity index (χ2n) is 5.35. The summed E-state index contributed by atoms with van der Waals surface area (Å²) >= 11 is 5.43. The predicted molar refractivity (Wildman–Crippen MR) is 84.5 cm³/mol. The zero-order valence-corrected chi connectivity index (χ0v) is 13.4. The molecule has 1 nitrogen and oxygen atoms in total. The maximum atomic E-state index is 3.55. The molecule has 0 fully saturated rings. The van der Waals surface area contributed by atoms with Crippen LogP contribution in [0.1, 0.15) is 30.5 Å². The molecule has 0 amide bonds. The van der Waals surface area contributed by atoms with Gasteiger partial charge in [-0.25, -0.2) is 0 Å². The van der Waals surface area contributed by atoms with E-state index >= 15 is 0 Å². The van der Waals surface area contributed by atoms with Crippen LogP contribution in [0.25, 0.3) is 0 Å². The highest BCUT2D eigenvalue weighted by molar-refractivity contribution is 9.10. The van der Waals surface area contributed by atoms with Crippen LogP contribution in [0.15, 0.2) is 40.9 Å². The van der Waals surface area contributed by atoms with Crippen LogP contribution in [0.3, 0.4) is 0 Å². The van der Waals surface area contributed by atoms with Gasteiger partial charge in [0.05, 0.1) is 0 Å². The Morgan fingerprint density at radius 3 is 2.44 bits per heavy atom. The lowest BCUT2D eigenvalue weighted by Crippen LogP contribution is -2.07. The van der Waals surface area contributed by atoms with Crippen molar-refractivity contribution in [3.8, 4) is 0 Å². The summed E-state index contributed by atoms with van der Waals surface area (Å²) in [6.07, 6.45) is 0. The number of hydrogen-bond donors (Lipinski definition) is 1. The molecule has 3 heteroatoms. The summed E-state index contributed by atoms with van der Waals surface area (Å²) in [5, 5.41) is 3.46. The fourth-order valence-electron chi connectivity index (χ4n) is 1.66. The van der Waals surface area contributed by atoms with Crippen molar-refractivity contribution in [3.05, 3.63) is 50.6 Å². The highest BCUT2D eigenvalue weighted by Gasteiger charge is 2.15. The molecule has 0 saturated heterocycles. The van der Waals surface area contributed by atoms with Gasteiger partial charge in [-0.05, 0) is 45.6 Å². The van der Waals surface area contributed by atoms with Gasteiger partial charge < -0.3 is 5.32 Å². The molecule has 1 heterocycles. The van der Waals surface area contributed by atoms with Gasteiger partial charge in [-0.1, -0.05) is 32.9 Å². The molecule has 96 valence electrons. The number of nitrogens with one attached hydrogen (secondary N) is 1. The normalized spacial score (nSPS) is 11.6. The van der Waals surface area contributed by atoms with Crippen molar-refractivity contribution in [2.45, 2.75) is 32.7 Å². The van der Waals surface area contributed by atoms with Gasteiger partial charge in [-0.15, -0.1) is 11.3 Å². The Morgan fingerprint density at radius 1 is 1.11 bits per heavy atom. The fourth-order valence-corrected chi connectivity index (χ4v) is 3.09. The van der Waals surface area contributed by atoms with Crippen molar-refractivity contribution < 1.29 is 0 Å². The summed E-state index contributed by atoms with van der Waals surface area (Å²) in [6, 6.07) is 12.7. The second-order valence-corrected chi connectivity index (χ2v) is 7.37. The minimum absolute atomic E-state index is 0.246. The molecular formula is C15H18BrNS. The monoisotopic (exact) mass is 323 g/mol. The Bertz CT molecular complexity index is 525. The number of para-hydroxylation sites is 1. The minimum Gasteiger partial charge on any atom is -0.379 e. The van der Waals surface area contributed by atoms with Crippen LogP contribution in [0.5, 0.6) is 0 Å². The van der Waals surface area contributed by atoms with E-state index in [0.29, 0.717) is 0 Å². The standard InChI is InChI=1S/C15H18BrNS/c1-15(2,3)14-9-8-11(18-14)10-17-13-7-5-4-6-12(13)16/h4-9,17H,10H2,1-3H3. The lowest BCUT2D eigenvalue weighted by molar-refractivity contribution is 0.604. The molecule has 1 aromatic heterocycles. The van der Waals surface area contributed by atoms with E-state index in [9.17, 15) is 0 Å². The smallest absolute Gasteiger partial charge is 0.0494 e. The molecular weight excluding hydrogens is 306 g/mol. The predicted octanol–water partition coefficient (Wildman–Crippen LogP) is 5.42.